The van der Waals surface area contributed by atoms with Gasteiger partial charge in [0.15, 0.2) is 6.10 Å². The van der Waals surface area contributed by atoms with Gasteiger partial charge < -0.3 is 4.74 Å². The Morgan fingerprint density at radius 2 is 1.56 bits per heavy atom. The van der Waals surface area contributed by atoms with Gasteiger partial charge in [-0.2, -0.15) is 0 Å². The van der Waals surface area contributed by atoms with Crippen LogP contribution >= 0.6 is 11.6 Å². The summed E-state index contributed by atoms with van der Waals surface area (Å²) in [6.07, 6.45) is -0.186. The molecule has 0 aliphatic rings. The zero-order chi connectivity index (χ0) is 12.8. The average Bonchev–Trinajstić information content (AvgIpc) is 2.40. The molecule has 0 N–H and O–H groups in total. The molecule has 18 heavy (non-hydrogen) atoms. The Kier molecular flexibility index (Phi) is 4.37. The van der Waals surface area contributed by atoms with Gasteiger partial charge in [-0.1, -0.05) is 48.5 Å². The van der Waals surface area contributed by atoms with E-state index < -0.39 is 11.3 Å². The van der Waals surface area contributed by atoms with E-state index in [1.54, 1.807) is 12.1 Å². The fourth-order valence-corrected chi connectivity index (χ4v) is 1.78. The molecule has 2 aromatic carbocycles. The molecule has 0 saturated carbocycles. The molecule has 0 fully saturated rings. The topological polar surface area (TPSA) is 26.3 Å². The number of rotatable bonds is 5. The summed E-state index contributed by atoms with van der Waals surface area (Å²) in [5, 5.41) is -0.484. The van der Waals surface area contributed by atoms with Gasteiger partial charge in [-0.25, -0.2) is 0 Å². The number of ether oxygens (including phenoxy) is 1. The van der Waals surface area contributed by atoms with Gasteiger partial charge in [0.2, 0.25) is 0 Å². The molecule has 92 valence electrons. The quantitative estimate of drug-likeness (QED) is 0.770. The van der Waals surface area contributed by atoms with Crippen molar-refractivity contribution in [3.8, 4) is 5.75 Å². The van der Waals surface area contributed by atoms with Gasteiger partial charge in [-0.15, -0.1) is 0 Å². The van der Waals surface area contributed by atoms with Gasteiger partial charge in [-0.3, -0.25) is 4.79 Å². The predicted molar refractivity (Wildman–Crippen MR) is 71.9 cm³/mol. The van der Waals surface area contributed by atoms with Crippen molar-refractivity contribution in [2.24, 2.45) is 0 Å². The van der Waals surface area contributed by atoms with E-state index in [0.29, 0.717) is 12.2 Å². The smallest absolute Gasteiger partial charge is 0.262 e. The number of halogens is 1. The van der Waals surface area contributed by atoms with Crippen LogP contribution in [0.25, 0.3) is 0 Å². The summed E-state index contributed by atoms with van der Waals surface area (Å²) < 4.78 is 5.60. The lowest BCUT2D eigenvalue weighted by molar-refractivity contribution is -0.117. The Morgan fingerprint density at radius 1 is 1.00 bits per heavy atom. The van der Waals surface area contributed by atoms with Crippen LogP contribution in [-0.4, -0.2) is 11.3 Å². The molecular formula is C15H13ClO2. The number of benzene rings is 2. The third kappa shape index (κ3) is 3.60. The first-order valence-electron chi connectivity index (χ1n) is 5.70. The molecule has 2 rings (SSSR count). The molecule has 0 amide bonds. The molecule has 0 heterocycles. The highest BCUT2D eigenvalue weighted by molar-refractivity contribution is 6.64. The highest BCUT2D eigenvalue weighted by atomic mass is 35.5. The van der Waals surface area contributed by atoms with Gasteiger partial charge in [0.1, 0.15) is 5.75 Å². The first-order chi connectivity index (χ1) is 8.75. The zero-order valence-corrected chi connectivity index (χ0v) is 10.5. The summed E-state index contributed by atoms with van der Waals surface area (Å²) in [5.41, 5.74) is 1.02. The van der Waals surface area contributed by atoms with Crippen molar-refractivity contribution in [2.75, 3.05) is 0 Å². The Labute approximate surface area is 111 Å². The highest BCUT2D eigenvalue weighted by Crippen LogP contribution is 2.15. The van der Waals surface area contributed by atoms with Crippen LogP contribution in [0.1, 0.15) is 5.56 Å². The van der Waals surface area contributed by atoms with Gasteiger partial charge in [0.05, 0.1) is 0 Å². The van der Waals surface area contributed by atoms with Crippen molar-refractivity contribution in [2.45, 2.75) is 12.5 Å². The van der Waals surface area contributed by atoms with Crippen molar-refractivity contribution in [1.82, 2.24) is 0 Å². The molecule has 0 radical (unpaired) electrons. The van der Waals surface area contributed by atoms with Gasteiger partial charge in [0.25, 0.3) is 5.24 Å². The maximum absolute atomic E-state index is 11.4. The Bertz CT molecular complexity index is 455. The number of hydrogen-bond acceptors (Lipinski definition) is 2. The number of hydrogen-bond donors (Lipinski definition) is 0. The zero-order valence-electron chi connectivity index (χ0n) is 9.75. The standard InChI is InChI=1S/C15H13ClO2/c16-15(17)14(11-12-7-3-1-4-8-12)18-13-9-5-2-6-10-13/h1-10,14H,11H2. The lowest BCUT2D eigenvalue weighted by Gasteiger charge is -2.15. The van der Waals surface area contributed by atoms with E-state index in [-0.39, 0.29) is 0 Å². The molecule has 0 aliphatic carbocycles. The normalized spacial score (nSPS) is 11.8. The molecule has 1 unspecified atom stereocenters. The van der Waals surface area contributed by atoms with E-state index in [1.165, 1.54) is 0 Å². The van der Waals surface area contributed by atoms with Crippen LogP contribution < -0.4 is 4.74 Å². The summed E-state index contributed by atoms with van der Waals surface area (Å²) in [4.78, 5) is 11.4. The monoisotopic (exact) mass is 260 g/mol. The predicted octanol–water partition coefficient (Wildman–Crippen LogP) is 3.44. The van der Waals surface area contributed by atoms with Crippen LogP contribution in [0.3, 0.4) is 0 Å². The fourth-order valence-electron chi connectivity index (χ4n) is 1.66. The van der Waals surface area contributed by atoms with Gasteiger partial charge >= 0.3 is 0 Å². The van der Waals surface area contributed by atoms with Crippen molar-refractivity contribution in [3.63, 3.8) is 0 Å². The molecule has 0 bridgehead atoms. The van der Waals surface area contributed by atoms with E-state index in [9.17, 15) is 4.79 Å². The van der Waals surface area contributed by atoms with E-state index in [0.717, 1.165) is 5.56 Å². The molecule has 0 aromatic heterocycles. The molecule has 0 spiro atoms. The lowest BCUT2D eigenvalue weighted by Crippen LogP contribution is -2.26. The Balaban J connectivity index is 2.08. The summed E-state index contributed by atoms with van der Waals surface area (Å²) in [6.45, 7) is 0. The van der Waals surface area contributed by atoms with E-state index >= 15 is 0 Å². The van der Waals surface area contributed by atoms with Crippen molar-refractivity contribution < 1.29 is 9.53 Å². The fraction of sp³-hybridized carbons (Fsp3) is 0.133. The third-order valence-electron chi connectivity index (χ3n) is 2.54. The van der Waals surface area contributed by atoms with Crippen LogP contribution in [-0.2, 0) is 11.2 Å². The maximum atomic E-state index is 11.4. The number of carbonyl (C=O) groups is 1. The number of para-hydroxylation sites is 1. The van der Waals surface area contributed by atoms with Crippen LogP contribution in [0.4, 0.5) is 0 Å². The van der Waals surface area contributed by atoms with E-state index in [1.807, 2.05) is 48.5 Å². The molecule has 1 atom stereocenters. The van der Waals surface area contributed by atoms with E-state index in [2.05, 4.69) is 0 Å². The first kappa shape index (κ1) is 12.7. The summed E-state index contributed by atoms with van der Waals surface area (Å²) >= 11 is 5.58. The second-order valence-corrected chi connectivity index (χ2v) is 4.29. The van der Waals surface area contributed by atoms with Crippen LogP contribution in [0.5, 0.6) is 5.75 Å². The molecule has 2 aromatic rings. The van der Waals surface area contributed by atoms with Crippen LogP contribution in [0, 0.1) is 0 Å². The molecular weight excluding hydrogens is 248 g/mol. The van der Waals surface area contributed by atoms with Crippen molar-refractivity contribution >= 4 is 16.8 Å². The molecule has 3 heteroatoms. The summed E-state index contributed by atoms with van der Waals surface area (Å²) in [5.74, 6) is 0.646. The second kappa shape index (κ2) is 6.22. The SMILES string of the molecule is O=C(Cl)C(Cc1ccccc1)Oc1ccccc1. The summed E-state index contributed by atoms with van der Waals surface area (Å²) in [6, 6.07) is 18.9. The minimum atomic E-state index is -0.656. The van der Waals surface area contributed by atoms with Gasteiger partial charge in [0, 0.05) is 6.42 Å². The lowest BCUT2D eigenvalue weighted by atomic mass is 10.1. The second-order valence-electron chi connectivity index (χ2n) is 3.91. The minimum absolute atomic E-state index is 0.470. The van der Waals surface area contributed by atoms with Crippen LogP contribution in [0.15, 0.2) is 60.7 Å². The van der Waals surface area contributed by atoms with Crippen molar-refractivity contribution in [1.29, 1.82) is 0 Å². The largest absolute Gasteiger partial charge is 0.481 e. The minimum Gasteiger partial charge on any atom is -0.481 e. The Hall–Kier alpha value is -1.80. The highest BCUT2D eigenvalue weighted by Gasteiger charge is 2.18. The van der Waals surface area contributed by atoms with E-state index in [4.69, 9.17) is 16.3 Å². The number of carbonyl (C=O) groups excluding carboxylic acids is 1. The Morgan fingerprint density at radius 3 is 2.11 bits per heavy atom. The molecule has 0 aliphatic heterocycles. The maximum Gasteiger partial charge on any atom is 0.262 e. The first-order valence-corrected chi connectivity index (χ1v) is 6.08. The third-order valence-corrected chi connectivity index (χ3v) is 2.78. The van der Waals surface area contributed by atoms with Crippen molar-refractivity contribution in [3.05, 3.63) is 66.2 Å². The molecule has 2 nitrogen and oxygen atoms in total. The average molecular weight is 261 g/mol. The summed E-state index contributed by atoms with van der Waals surface area (Å²) in [7, 11) is 0. The molecule has 0 saturated heterocycles. The van der Waals surface area contributed by atoms with Gasteiger partial charge in [-0.05, 0) is 29.3 Å². The van der Waals surface area contributed by atoms with Crippen LogP contribution in [0.2, 0.25) is 0 Å².